The molecule has 0 bridgehead atoms. The average molecular weight is 223 g/mol. The Bertz CT molecular complexity index is 327. The first-order valence-corrected chi connectivity index (χ1v) is 5.68. The van der Waals surface area contributed by atoms with Crippen molar-refractivity contribution in [1.29, 1.82) is 0 Å². The second-order valence-electron chi connectivity index (χ2n) is 3.87. The van der Waals surface area contributed by atoms with Gasteiger partial charge >= 0.3 is 0 Å². The van der Waals surface area contributed by atoms with Gasteiger partial charge in [0, 0.05) is 12.7 Å². The third-order valence-electron chi connectivity index (χ3n) is 2.76. The van der Waals surface area contributed by atoms with Gasteiger partial charge < -0.3 is 15.2 Å². The molecule has 0 spiro atoms. The Morgan fingerprint density at radius 3 is 2.50 bits per heavy atom. The highest BCUT2D eigenvalue weighted by Gasteiger charge is 2.28. The lowest BCUT2D eigenvalue weighted by Gasteiger charge is -2.29. The minimum atomic E-state index is -0.472. The second-order valence-corrected chi connectivity index (χ2v) is 3.87. The van der Waals surface area contributed by atoms with Gasteiger partial charge in [-0.1, -0.05) is 25.1 Å². The lowest BCUT2D eigenvalue weighted by Crippen LogP contribution is -2.40. The Hall–Kier alpha value is -1.06. The highest BCUT2D eigenvalue weighted by Crippen LogP contribution is 2.30. The fourth-order valence-electron chi connectivity index (χ4n) is 1.79. The number of ether oxygens (including phenoxy) is 2. The number of benzene rings is 1. The van der Waals surface area contributed by atoms with Gasteiger partial charge in [0.2, 0.25) is 0 Å². The van der Waals surface area contributed by atoms with Crippen molar-refractivity contribution < 1.29 is 9.47 Å². The normalized spacial score (nSPS) is 14.5. The van der Waals surface area contributed by atoms with E-state index in [4.69, 9.17) is 15.2 Å². The zero-order valence-electron chi connectivity index (χ0n) is 10.3. The summed E-state index contributed by atoms with van der Waals surface area (Å²) in [5, 5.41) is 0. The predicted octanol–water partition coefficient (Wildman–Crippen LogP) is 2.30. The largest absolute Gasteiger partial charge is 0.494 e. The monoisotopic (exact) mass is 223 g/mol. The molecule has 1 aromatic rings. The van der Waals surface area contributed by atoms with Crippen LogP contribution in [0.25, 0.3) is 0 Å². The van der Waals surface area contributed by atoms with Crippen LogP contribution < -0.4 is 10.5 Å². The molecule has 0 aromatic heterocycles. The van der Waals surface area contributed by atoms with Crippen molar-refractivity contribution in [3.8, 4) is 5.75 Å². The van der Waals surface area contributed by atoms with Crippen LogP contribution in [0.5, 0.6) is 5.75 Å². The molecule has 1 rings (SSSR count). The van der Waals surface area contributed by atoms with Gasteiger partial charge in [0.25, 0.3) is 0 Å². The average Bonchev–Trinajstić information content (AvgIpc) is 2.30. The highest BCUT2D eigenvalue weighted by atomic mass is 16.5. The molecule has 0 saturated carbocycles. The quantitative estimate of drug-likeness (QED) is 0.804. The van der Waals surface area contributed by atoms with Gasteiger partial charge in [-0.3, -0.25) is 0 Å². The maximum atomic E-state index is 6.36. The van der Waals surface area contributed by atoms with E-state index in [1.165, 1.54) is 0 Å². The van der Waals surface area contributed by atoms with Crippen LogP contribution in [0.3, 0.4) is 0 Å². The van der Waals surface area contributed by atoms with Crippen molar-refractivity contribution in [3.05, 3.63) is 29.8 Å². The maximum Gasteiger partial charge on any atom is 0.124 e. The first kappa shape index (κ1) is 13.0. The van der Waals surface area contributed by atoms with E-state index < -0.39 is 5.54 Å². The van der Waals surface area contributed by atoms with Gasteiger partial charge in [-0.25, -0.2) is 0 Å². The van der Waals surface area contributed by atoms with E-state index in [0.29, 0.717) is 13.2 Å². The molecule has 3 nitrogen and oxygen atoms in total. The zero-order chi connectivity index (χ0) is 12.0. The molecule has 3 heteroatoms. The van der Waals surface area contributed by atoms with Crippen molar-refractivity contribution in [2.75, 3.05) is 20.3 Å². The molecular formula is C13H21NO2. The number of hydrogen-bond donors (Lipinski definition) is 1. The molecule has 0 saturated heterocycles. The Morgan fingerprint density at radius 2 is 1.94 bits per heavy atom. The number of nitrogens with two attached hydrogens (primary N) is 1. The van der Waals surface area contributed by atoms with Crippen LogP contribution in [0.1, 0.15) is 25.8 Å². The molecule has 90 valence electrons. The van der Waals surface area contributed by atoms with E-state index in [1.807, 2.05) is 31.2 Å². The number of para-hydroxylation sites is 1. The number of rotatable bonds is 6. The van der Waals surface area contributed by atoms with Crippen molar-refractivity contribution in [2.24, 2.45) is 5.73 Å². The zero-order valence-corrected chi connectivity index (χ0v) is 10.3. The van der Waals surface area contributed by atoms with Gasteiger partial charge in [-0.15, -0.1) is 0 Å². The van der Waals surface area contributed by atoms with E-state index in [2.05, 4.69) is 6.92 Å². The molecule has 1 unspecified atom stereocenters. The molecule has 1 atom stereocenters. The molecule has 0 radical (unpaired) electrons. The van der Waals surface area contributed by atoms with Crippen LogP contribution in [-0.4, -0.2) is 20.3 Å². The fourth-order valence-corrected chi connectivity index (χ4v) is 1.79. The van der Waals surface area contributed by atoms with Crippen LogP contribution >= 0.6 is 0 Å². The van der Waals surface area contributed by atoms with Crippen LogP contribution in [0, 0.1) is 0 Å². The SMILES string of the molecule is CCOc1ccccc1C(N)(CC)COC. The lowest BCUT2D eigenvalue weighted by molar-refractivity contribution is 0.127. The predicted molar refractivity (Wildman–Crippen MR) is 65.6 cm³/mol. The van der Waals surface area contributed by atoms with Crippen LogP contribution in [0.2, 0.25) is 0 Å². The minimum absolute atomic E-state index is 0.472. The summed E-state index contributed by atoms with van der Waals surface area (Å²) in [4.78, 5) is 0. The fraction of sp³-hybridized carbons (Fsp3) is 0.538. The summed E-state index contributed by atoms with van der Waals surface area (Å²) >= 11 is 0. The van der Waals surface area contributed by atoms with Crippen LogP contribution in [-0.2, 0) is 10.3 Å². The molecule has 16 heavy (non-hydrogen) atoms. The first-order chi connectivity index (χ1) is 7.68. The summed E-state index contributed by atoms with van der Waals surface area (Å²) in [7, 11) is 1.67. The summed E-state index contributed by atoms with van der Waals surface area (Å²) < 4.78 is 10.8. The minimum Gasteiger partial charge on any atom is -0.494 e. The summed E-state index contributed by atoms with van der Waals surface area (Å²) in [6.07, 6.45) is 0.810. The van der Waals surface area contributed by atoms with E-state index in [1.54, 1.807) is 7.11 Å². The molecule has 2 N–H and O–H groups in total. The van der Waals surface area contributed by atoms with Gasteiger partial charge in [-0.05, 0) is 19.4 Å². The second kappa shape index (κ2) is 5.87. The van der Waals surface area contributed by atoms with Crippen molar-refractivity contribution in [1.82, 2.24) is 0 Å². The molecule has 0 amide bonds. The maximum absolute atomic E-state index is 6.36. The Labute approximate surface area is 97.6 Å². The Morgan fingerprint density at radius 1 is 1.25 bits per heavy atom. The van der Waals surface area contributed by atoms with E-state index >= 15 is 0 Å². The number of methoxy groups -OCH3 is 1. The first-order valence-electron chi connectivity index (χ1n) is 5.68. The standard InChI is InChI=1S/C13H21NO2/c1-4-13(14,10-15-3)11-8-6-7-9-12(11)16-5-2/h6-9H,4-5,10,14H2,1-3H3. The van der Waals surface area contributed by atoms with E-state index in [0.717, 1.165) is 17.7 Å². The molecule has 0 aliphatic heterocycles. The summed E-state index contributed by atoms with van der Waals surface area (Å²) in [6.45, 7) is 5.16. The summed E-state index contributed by atoms with van der Waals surface area (Å²) in [5.74, 6) is 0.853. The Balaban J connectivity index is 3.08. The summed E-state index contributed by atoms with van der Waals surface area (Å²) in [6, 6.07) is 7.89. The van der Waals surface area contributed by atoms with Gasteiger partial charge in [-0.2, -0.15) is 0 Å². The molecule has 0 heterocycles. The van der Waals surface area contributed by atoms with E-state index in [9.17, 15) is 0 Å². The third-order valence-corrected chi connectivity index (χ3v) is 2.76. The van der Waals surface area contributed by atoms with Gasteiger partial charge in [0.05, 0.1) is 18.8 Å². The van der Waals surface area contributed by atoms with Crippen LogP contribution in [0.4, 0.5) is 0 Å². The lowest BCUT2D eigenvalue weighted by atomic mass is 9.88. The third kappa shape index (κ3) is 2.74. The number of hydrogen-bond acceptors (Lipinski definition) is 3. The Kier molecular flexibility index (Phi) is 4.77. The van der Waals surface area contributed by atoms with Crippen molar-refractivity contribution in [2.45, 2.75) is 25.8 Å². The van der Waals surface area contributed by atoms with E-state index in [-0.39, 0.29) is 0 Å². The molecule has 0 aliphatic carbocycles. The van der Waals surface area contributed by atoms with Crippen LogP contribution in [0.15, 0.2) is 24.3 Å². The molecule has 1 aromatic carbocycles. The van der Waals surface area contributed by atoms with Crippen molar-refractivity contribution in [3.63, 3.8) is 0 Å². The molecule has 0 aliphatic rings. The molecular weight excluding hydrogens is 202 g/mol. The molecule has 0 fully saturated rings. The van der Waals surface area contributed by atoms with Gasteiger partial charge in [0.15, 0.2) is 0 Å². The summed E-state index contributed by atoms with van der Waals surface area (Å²) in [5.41, 5.74) is 6.90. The van der Waals surface area contributed by atoms with Crippen molar-refractivity contribution >= 4 is 0 Å². The smallest absolute Gasteiger partial charge is 0.124 e. The highest BCUT2D eigenvalue weighted by molar-refractivity contribution is 5.39. The van der Waals surface area contributed by atoms with Gasteiger partial charge in [0.1, 0.15) is 5.75 Å². The topological polar surface area (TPSA) is 44.5 Å².